The Morgan fingerprint density at radius 1 is 1.14 bits per heavy atom. The molecule has 28 heavy (non-hydrogen) atoms. The average molecular weight is 402 g/mol. The van der Waals surface area contributed by atoms with Gasteiger partial charge in [0.1, 0.15) is 5.15 Å². The van der Waals surface area contributed by atoms with Gasteiger partial charge in [0.05, 0.1) is 5.56 Å². The van der Waals surface area contributed by atoms with Crippen molar-refractivity contribution in [3.63, 3.8) is 0 Å². The minimum Gasteiger partial charge on any atom is -0.452 e. The highest BCUT2D eigenvalue weighted by Crippen LogP contribution is 2.20. The number of para-hydroxylation sites is 1. The molecule has 0 atom stereocenters. The first-order valence-electron chi connectivity index (χ1n) is 8.95. The number of likely N-dealkylation sites (tertiary alicyclic amines) is 1. The summed E-state index contributed by atoms with van der Waals surface area (Å²) in [7, 11) is 0. The summed E-state index contributed by atoms with van der Waals surface area (Å²) in [6.07, 6.45) is 2.53. The zero-order chi connectivity index (χ0) is 19.9. The van der Waals surface area contributed by atoms with Crippen LogP contribution in [0.2, 0.25) is 5.15 Å². The van der Waals surface area contributed by atoms with Crippen LogP contribution in [0.3, 0.4) is 0 Å². The third-order valence-electron chi connectivity index (χ3n) is 4.55. The summed E-state index contributed by atoms with van der Waals surface area (Å²) >= 11 is 5.74. The summed E-state index contributed by atoms with van der Waals surface area (Å²) in [6, 6.07) is 12.1. The molecule has 1 N–H and O–H groups in total. The first kappa shape index (κ1) is 19.8. The molecular weight excluding hydrogens is 382 g/mol. The van der Waals surface area contributed by atoms with E-state index in [4.69, 9.17) is 16.3 Å². The van der Waals surface area contributed by atoms with Crippen molar-refractivity contribution in [2.24, 2.45) is 5.92 Å². The van der Waals surface area contributed by atoms with E-state index >= 15 is 0 Å². The lowest BCUT2D eigenvalue weighted by Crippen LogP contribution is -2.43. The van der Waals surface area contributed by atoms with Gasteiger partial charge in [-0.2, -0.15) is 0 Å². The van der Waals surface area contributed by atoms with Crippen LogP contribution in [0.15, 0.2) is 48.7 Å². The lowest BCUT2D eigenvalue weighted by Gasteiger charge is -2.31. The van der Waals surface area contributed by atoms with Gasteiger partial charge in [0.15, 0.2) is 6.61 Å². The topological polar surface area (TPSA) is 88.6 Å². The predicted octanol–water partition coefficient (Wildman–Crippen LogP) is 2.77. The maximum Gasteiger partial charge on any atom is 0.338 e. The van der Waals surface area contributed by atoms with Crippen LogP contribution in [0.5, 0.6) is 0 Å². The number of pyridine rings is 1. The second-order valence-electron chi connectivity index (χ2n) is 6.45. The van der Waals surface area contributed by atoms with Crippen molar-refractivity contribution in [3.05, 3.63) is 59.4 Å². The number of esters is 1. The monoisotopic (exact) mass is 401 g/mol. The lowest BCUT2D eigenvalue weighted by molar-refractivity contribution is -0.137. The number of ether oxygens (including phenoxy) is 1. The van der Waals surface area contributed by atoms with Crippen LogP contribution >= 0.6 is 11.6 Å². The van der Waals surface area contributed by atoms with Gasteiger partial charge in [-0.1, -0.05) is 29.8 Å². The van der Waals surface area contributed by atoms with E-state index in [1.165, 1.54) is 18.3 Å². The van der Waals surface area contributed by atoms with Gasteiger partial charge in [-0.15, -0.1) is 0 Å². The molecule has 2 heterocycles. The van der Waals surface area contributed by atoms with Crippen LogP contribution in [0, 0.1) is 5.92 Å². The quantitative estimate of drug-likeness (QED) is 0.614. The Kier molecular flexibility index (Phi) is 6.60. The standard InChI is InChI=1S/C20H20ClN3O4/c21-17-12-15(6-9-22-17)20(27)28-13-18(25)24-10-7-14(8-11-24)19(26)23-16-4-2-1-3-5-16/h1-6,9,12,14H,7-8,10-11,13H2,(H,23,26). The number of hydrogen-bond donors (Lipinski definition) is 1. The van der Waals surface area contributed by atoms with Crippen molar-refractivity contribution in [1.29, 1.82) is 0 Å². The number of amides is 2. The Labute approximate surface area is 167 Å². The Hall–Kier alpha value is -2.93. The highest BCUT2D eigenvalue weighted by Gasteiger charge is 2.27. The van der Waals surface area contributed by atoms with Crippen LogP contribution in [-0.4, -0.2) is 47.4 Å². The van der Waals surface area contributed by atoms with Gasteiger partial charge in [-0.05, 0) is 37.1 Å². The highest BCUT2D eigenvalue weighted by atomic mass is 35.5. The Morgan fingerprint density at radius 2 is 1.86 bits per heavy atom. The fraction of sp³-hybridized carbons (Fsp3) is 0.300. The maximum atomic E-state index is 12.3. The number of carbonyl (C=O) groups is 3. The first-order valence-corrected chi connectivity index (χ1v) is 9.33. The maximum absolute atomic E-state index is 12.3. The third kappa shape index (κ3) is 5.29. The number of benzene rings is 1. The summed E-state index contributed by atoms with van der Waals surface area (Å²) in [5, 5.41) is 3.07. The predicted molar refractivity (Wildman–Crippen MR) is 104 cm³/mol. The fourth-order valence-corrected chi connectivity index (χ4v) is 3.16. The molecule has 146 valence electrons. The minimum atomic E-state index is -0.630. The van der Waals surface area contributed by atoms with Gasteiger partial charge in [0.2, 0.25) is 5.91 Å². The van der Waals surface area contributed by atoms with E-state index in [1.54, 1.807) is 4.90 Å². The molecule has 2 amide bonds. The molecule has 0 unspecified atom stereocenters. The van der Waals surface area contributed by atoms with Gasteiger partial charge in [-0.25, -0.2) is 9.78 Å². The molecule has 1 aromatic heterocycles. The molecule has 2 aromatic rings. The number of carbonyl (C=O) groups excluding carboxylic acids is 3. The SMILES string of the molecule is O=C(OCC(=O)N1CCC(C(=O)Nc2ccccc2)CC1)c1ccnc(Cl)c1. The van der Waals surface area contributed by atoms with E-state index in [0.717, 1.165) is 5.69 Å². The largest absolute Gasteiger partial charge is 0.452 e. The van der Waals surface area contributed by atoms with Gasteiger partial charge in [0.25, 0.3) is 5.91 Å². The number of halogens is 1. The first-order chi connectivity index (χ1) is 13.5. The van der Waals surface area contributed by atoms with Gasteiger partial charge in [-0.3, -0.25) is 9.59 Å². The molecule has 1 aliphatic rings. The molecule has 0 radical (unpaired) electrons. The molecule has 3 rings (SSSR count). The summed E-state index contributed by atoms with van der Waals surface area (Å²) in [4.78, 5) is 42.0. The van der Waals surface area contributed by atoms with Crippen LogP contribution in [0.4, 0.5) is 5.69 Å². The van der Waals surface area contributed by atoms with Crippen LogP contribution < -0.4 is 5.32 Å². The molecule has 1 aromatic carbocycles. The molecule has 0 aliphatic carbocycles. The van der Waals surface area contributed by atoms with E-state index < -0.39 is 5.97 Å². The number of aromatic nitrogens is 1. The molecule has 1 fully saturated rings. The number of hydrogen-bond acceptors (Lipinski definition) is 5. The molecule has 1 saturated heterocycles. The van der Waals surface area contributed by atoms with E-state index in [9.17, 15) is 14.4 Å². The lowest BCUT2D eigenvalue weighted by atomic mass is 9.95. The van der Waals surface area contributed by atoms with Gasteiger partial charge >= 0.3 is 5.97 Å². The molecule has 0 saturated carbocycles. The second-order valence-corrected chi connectivity index (χ2v) is 6.84. The Balaban J connectivity index is 1.43. The van der Waals surface area contributed by atoms with Crippen molar-refractivity contribution in [3.8, 4) is 0 Å². The molecule has 0 spiro atoms. The van der Waals surface area contributed by atoms with Crippen molar-refractivity contribution in [1.82, 2.24) is 9.88 Å². The Morgan fingerprint density at radius 3 is 2.54 bits per heavy atom. The molecule has 8 heteroatoms. The summed E-state index contributed by atoms with van der Waals surface area (Å²) < 4.78 is 5.06. The highest BCUT2D eigenvalue weighted by molar-refractivity contribution is 6.29. The van der Waals surface area contributed by atoms with E-state index in [2.05, 4.69) is 10.3 Å². The van der Waals surface area contributed by atoms with Crippen molar-refractivity contribution in [2.45, 2.75) is 12.8 Å². The number of rotatable bonds is 5. The van der Waals surface area contributed by atoms with Crippen molar-refractivity contribution < 1.29 is 19.1 Å². The van der Waals surface area contributed by atoms with Crippen LogP contribution in [0.1, 0.15) is 23.2 Å². The van der Waals surface area contributed by atoms with E-state index in [0.29, 0.717) is 25.9 Å². The average Bonchev–Trinajstić information content (AvgIpc) is 2.72. The fourth-order valence-electron chi connectivity index (χ4n) is 2.99. The Bertz CT molecular complexity index is 852. The van der Waals surface area contributed by atoms with Crippen molar-refractivity contribution in [2.75, 3.05) is 25.0 Å². The zero-order valence-corrected chi connectivity index (χ0v) is 15.9. The van der Waals surface area contributed by atoms with E-state index in [-0.39, 0.29) is 35.1 Å². The second kappa shape index (κ2) is 9.32. The molecule has 7 nitrogen and oxygen atoms in total. The molecular formula is C20H20ClN3O4. The summed E-state index contributed by atoms with van der Waals surface area (Å²) in [6.45, 7) is 0.550. The van der Waals surface area contributed by atoms with Crippen LogP contribution in [0.25, 0.3) is 0 Å². The van der Waals surface area contributed by atoms with E-state index in [1.807, 2.05) is 30.3 Å². The molecule has 0 bridgehead atoms. The van der Waals surface area contributed by atoms with Gasteiger partial charge in [0, 0.05) is 30.9 Å². The number of anilines is 1. The molecule has 1 aliphatic heterocycles. The zero-order valence-electron chi connectivity index (χ0n) is 15.1. The number of piperidine rings is 1. The van der Waals surface area contributed by atoms with Crippen molar-refractivity contribution >= 4 is 35.1 Å². The minimum absolute atomic E-state index is 0.0423. The third-order valence-corrected chi connectivity index (χ3v) is 4.76. The normalized spacial score (nSPS) is 14.4. The van der Waals surface area contributed by atoms with Gasteiger partial charge < -0.3 is 15.0 Å². The smallest absolute Gasteiger partial charge is 0.338 e. The number of nitrogens with zero attached hydrogens (tertiary/aromatic N) is 2. The summed E-state index contributed by atoms with van der Waals surface area (Å²) in [5.74, 6) is -1.10. The summed E-state index contributed by atoms with van der Waals surface area (Å²) in [5.41, 5.74) is 0.998. The van der Waals surface area contributed by atoms with Crippen LogP contribution in [-0.2, 0) is 14.3 Å². The number of nitrogens with one attached hydrogen (secondary N) is 1.